The first-order chi connectivity index (χ1) is 27.8. The minimum atomic E-state index is -0.308. The molecule has 0 saturated heterocycles. The number of furan rings is 2. The van der Waals surface area contributed by atoms with Crippen LogP contribution in [-0.4, -0.2) is 15.0 Å². The van der Waals surface area contributed by atoms with Gasteiger partial charge in [0.2, 0.25) is 0 Å². The van der Waals surface area contributed by atoms with E-state index >= 15 is 0 Å². The molecule has 0 aliphatic carbocycles. The summed E-state index contributed by atoms with van der Waals surface area (Å²) in [5, 5.41) is 4.16. The van der Waals surface area contributed by atoms with E-state index in [2.05, 4.69) is 0 Å². The van der Waals surface area contributed by atoms with E-state index in [-0.39, 0.29) is 64.2 Å². The molecule has 0 aliphatic heterocycles. The second-order valence-electron chi connectivity index (χ2n) is 12.3. The Morgan fingerprint density at radius 3 is 2.04 bits per heavy atom. The predicted molar refractivity (Wildman–Crippen MR) is 209 cm³/mol. The van der Waals surface area contributed by atoms with E-state index in [1.807, 2.05) is 115 Å². The molecule has 0 saturated carbocycles. The fraction of sp³-hybridized carbons (Fsp3) is 0. The van der Waals surface area contributed by atoms with Crippen LogP contribution in [0.1, 0.15) is 8.22 Å². The van der Waals surface area contributed by atoms with Crippen molar-refractivity contribution in [2.45, 2.75) is 0 Å². The molecule has 0 unspecified atom stereocenters. The van der Waals surface area contributed by atoms with Crippen LogP contribution in [0.5, 0.6) is 0 Å². The number of para-hydroxylation sites is 3. The van der Waals surface area contributed by atoms with Crippen molar-refractivity contribution in [3.05, 3.63) is 152 Å². The average Bonchev–Trinajstić information content (AvgIpc) is 3.94. The van der Waals surface area contributed by atoms with Crippen LogP contribution >= 0.6 is 11.3 Å². The highest BCUT2D eigenvalue weighted by atomic mass is 32.1. The molecule has 11 aromatic rings. The molecule has 0 radical (unpaired) electrons. The topological polar surface area (TPSA) is 65.0 Å². The summed E-state index contributed by atoms with van der Waals surface area (Å²) in [5.41, 5.74) is 4.97. The smallest absolute Gasteiger partial charge is 0.167 e. The number of rotatable bonds is 4. The quantitative estimate of drug-likeness (QED) is 0.185. The van der Waals surface area contributed by atoms with Crippen LogP contribution in [0.4, 0.5) is 0 Å². The lowest BCUT2D eigenvalue weighted by Crippen LogP contribution is -2.00. The largest absolute Gasteiger partial charge is 0.456 e. The summed E-state index contributed by atoms with van der Waals surface area (Å²) < 4.78 is 68.7. The van der Waals surface area contributed by atoms with Gasteiger partial charge < -0.3 is 8.83 Å². The van der Waals surface area contributed by atoms with Crippen LogP contribution < -0.4 is 0 Å². The van der Waals surface area contributed by atoms with E-state index in [0.717, 1.165) is 38.5 Å². The van der Waals surface area contributed by atoms with Crippen molar-refractivity contribution in [3.8, 4) is 45.3 Å². The van der Waals surface area contributed by atoms with Gasteiger partial charge in [-0.2, -0.15) is 0 Å². The molecule has 238 valence electrons. The standard InChI is InChI=1S/C45H25N3O2S/c1-2-10-26(11-3-1)43-46-44(48-45(47-43)36-17-9-15-34-31-13-5-7-19-38(31)50-41(34)36)28-21-23-33-35-16-8-14-29(42(35)51-40(33)25-28)27-20-22-32-30-12-4-6-18-37(30)49-39(32)24-27/h1-25H/i8D,14D,16D,21D,23D,25D. The molecule has 11 rings (SSSR count). The summed E-state index contributed by atoms with van der Waals surface area (Å²) in [6, 6.07) is 34.9. The molecule has 0 fully saturated rings. The van der Waals surface area contributed by atoms with E-state index in [1.165, 1.54) is 0 Å². The lowest BCUT2D eigenvalue weighted by Gasteiger charge is -2.09. The molecule has 0 atom stereocenters. The van der Waals surface area contributed by atoms with Crippen molar-refractivity contribution >= 4 is 75.4 Å². The Morgan fingerprint density at radius 2 is 1.18 bits per heavy atom. The van der Waals surface area contributed by atoms with E-state index in [1.54, 1.807) is 0 Å². The van der Waals surface area contributed by atoms with E-state index in [9.17, 15) is 4.11 Å². The van der Waals surface area contributed by atoms with Crippen molar-refractivity contribution in [2.75, 3.05) is 0 Å². The molecule has 0 N–H and O–H groups in total. The van der Waals surface area contributed by atoms with Gasteiger partial charge in [0.05, 0.1) is 13.8 Å². The number of hydrogen-bond donors (Lipinski definition) is 0. The Hall–Kier alpha value is -6.63. The van der Waals surface area contributed by atoms with Crippen molar-refractivity contribution in [2.24, 2.45) is 0 Å². The van der Waals surface area contributed by atoms with Gasteiger partial charge in [-0.15, -0.1) is 11.3 Å². The van der Waals surface area contributed by atoms with E-state index in [0.29, 0.717) is 54.2 Å². The zero-order chi connectivity index (χ0) is 38.7. The van der Waals surface area contributed by atoms with Crippen molar-refractivity contribution in [3.63, 3.8) is 0 Å². The van der Waals surface area contributed by atoms with Gasteiger partial charge in [-0.05, 0) is 47.5 Å². The first kappa shape index (κ1) is 22.9. The van der Waals surface area contributed by atoms with Gasteiger partial charge in [-0.1, -0.05) is 115 Å². The van der Waals surface area contributed by atoms with Crippen molar-refractivity contribution in [1.82, 2.24) is 15.0 Å². The molecule has 4 heterocycles. The molecule has 0 bridgehead atoms. The molecule has 5 nitrogen and oxygen atoms in total. The highest BCUT2D eigenvalue weighted by Crippen LogP contribution is 2.43. The number of fused-ring (bicyclic) bond motifs is 9. The van der Waals surface area contributed by atoms with E-state index in [4.69, 9.17) is 27.9 Å². The van der Waals surface area contributed by atoms with Gasteiger partial charge in [0, 0.05) is 52.8 Å². The number of benzene rings is 7. The monoisotopic (exact) mass is 677 g/mol. The van der Waals surface area contributed by atoms with Gasteiger partial charge in [0.25, 0.3) is 0 Å². The summed E-state index contributed by atoms with van der Waals surface area (Å²) >= 11 is 1.16. The maximum absolute atomic E-state index is 9.64. The molecule has 4 aromatic heterocycles. The Bertz CT molecular complexity index is 3510. The summed E-state index contributed by atoms with van der Waals surface area (Å²) in [7, 11) is 0. The minimum absolute atomic E-state index is 0.0330. The Balaban J connectivity index is 1.17. The highest BCUT2D eigenvalue weighted by Gasteiger charge is 2.19. The van der Waals surface area contributed by atoms with Crippen molar-refractivity contribution < 1.29 is 17.1 Å². The Kier molecular flexibility index (Phi) is 4.91. The van der Waals surface area contributed by atoms with Crippen molar-refractivity contribution in [1.29, 1.82) is 0 Å². The number of nitrogens with zero attached hydrogens (tertiary/aromatic N) is 3. The molecule has 7 aromatic carbocycles. The number of hydrogen-bond acceptors (Lipinski definition) is 6. The third-order valence-electron chi connectivity index (χ3n) is 9.26. The first-order valence-corrected chi connectivity index (χ1v) is 17.2. The molecular formula is C45H25N3O2S. The fourth-order valence-electron chi connectivity index (χ4n) is 6.86. The second kappa shape index (κ2) is 10.9. The summed E-state index contributed by atoms with van der Waals surface area (Å²) in [6.07, 6.45) is 0. The van der Waals surface area contributed by atoms with Crippen LogP contribution in [0.2, 0.25) is 0 Å². The van der Waals surface area contributed by atoms with Gasteiger partial charge in [0.15, 0.2) is 17.5 Å². The predicted octanol–water partition coefficient (Wildman–Crippen LogP) is 12.7. The molecule has 0 amide bonds. The third-order valence-corrected chi connectivity index (χ3v) is 10.4. The van der Waals surface area contributed by atoms with Gasteiger partial charge >= 0.3 is 0 Å². The Morgan fingerprint density at radius 1 is 0.471 bits per heavy atom. The molecule has 6 heteroatoms. The number of aromatic nitrogens is 3. The molecule has 0 aliphatic rings. The third kappa shape index (κ3) is 4.43. The fourth-order valence-corrected chi connectivity index (χ4v) is 8.00. The van der Waals surface area contributed by atoms with Gasteiger partial charge in [0.1, 0.15) is 22.3 Å². The summed E-state index contributed by atoms with van der Waals surface area (Å²) in [6.45, 7) is 0. The average molecular weight is 678 g/mol. The normalized spacial score (nSPS) is 13.6. The minimum Gasteiger partial charge on any atom is -0.456 e. The van der Waals surface area contributed by atoms with Crippen LogP contribution in [0.25, 0.3) is 109 Å². The first-order valence-electron chi connectivity index (χ1n) is 19.4. The Labute approximate surface area is 303 Å². The molecular weight excluding hydrogens is 647 g/mol. The van der Waals surface area contributed by atoms with Crippen LogP contribution in [0.15, 0.2) is 160 Å². The number of thiophene rings is 1. The molecule has 0 spiro atoms. The molecule has 51 heavy (non-hydrogen) atoms. The van der Waals surface area contributed by atoms with Crippen LogP contribution in [0, 0.1) is 0 Å². The van der Waals surface area contributed by atoms with Crippen LogP contribution in [-0.2, 0) is 0 Å². The van der Waals surface area contributed by atoms with E-state index < -0.39 is 0 Å². The second-order valence-corrected chi connectivity index (χ2v) is 13.3. The summed E-state index contributed by atoms with van der Waals surface area (Å²) in [5.74, 6) is 0.637. The maximum Gasteiger partial charge on any atom is 0.167 e. The van der Waals surface area contributed by atoms with Gasteiger partial charge in [-0.25, -0.2) is 15.0 Å². The maximum atomic E-state index is 9.64. The SMILES string of the molecule is [2H]c1c([2H])c([2H])c2c(sc3c([2H])c(-c4nc(-c5ccccc5)nc(-c5cccc6c5oc5ccccc56)n4)c([2H])c([2H])c32)c1-c1ccc2c(c1)oc1ccccc12. The zero-order valence-corrected chi connectivity index (χ0v) is 27.4. The van der Waals surface area contributed by atoms with Gasteiger partial charge in [-0.3, -0.25) is 0 Å². The van der Waals surface area contributed by atoms with Crippen LogP contribution in [0.3, 0.4) is 0 Å². The zero-order valence-electron chi connectivity index (χ0n) is 32.5. The highest BCUT2D eigenvalue weighted by molar-refractivity contribution is 7.26. The summed E-state index contributed by atoms with van der Waals surface area (Å²) in [4.78, 5) is 14.6. The lowest BCUT2D eigenvalue weighted by molar-refractivity contribution is 0.669. The lowest BCUT2D eigenvalue weighted by atomic mass is 10.0.